The molecule has 7 heteroatoms. The number of nitrogens with zero attached hydrogens (tertiary/aromatic N) is 3. The SMILES string of the molecule is Cc1cc(C(=O)OCC(=O)Nc2cc(-c3ccccc3)nn2-c2ccccc2)c(C)n1-c1ccccc1. The van der Waals surface area contributed by atoms with Crippen LogP contribution in [0.5, 0.6) is 0 Å². The Morgan fingerprint density at radius 1 is 0.811 bits per heavy atom. The molecule has 1 N–H and O–H groups in total. The van der Waals surface area contributed by atoms with Crippen molar-refractivity contribution in [3.05, 3.63) is 120 Å². The molecular formula is C30H26N4O3. The smallest absolute Gasteiger partial charge is 0.340 e. The Labute approximate surface area is 214 Å². The molecule has 5 rings (SSSR count). The molecule has 0 aliphatic heterocycles. The first-order chi connectivity index (χ1) is 18.0. The molecule has 0 saturated carbocycles. The molecule has 0 unspecified atom stereocenters. The van der Waals surface area contributed by atoms with Gasteiger partial charge in [-0.1, -0.05) is 66.7 Å². The number of aryl methyl sites for hydroxylation is 1. The van der Waals surface area contributed by atoms with E-state index in [1.165, 1.54) is 0 Å². The average Bonchev–Trinajstić information content (AvgIpc) is 3.49. The monoisotopic (exact) mass is 490 g/mol. The van der Waals surface area contributed by atoms with Crippen molar-refractivity contribution in [3.63, 3.8) is 0 Å². The van der Waals surface area contributed by atoms with Crippen LogP contribution < -0.4 is 5.32 Å². The summed E-state index contributed by atoms with van der Waals surface area (Å²) in [6.07, 6.45) is 0. The molecule has 2 heterocycles. The highest BCUT2D eigenvalue weighted by Gasteiger charge is 2.20. The highest BCUT2D eigenvalue weighted by molar-refractivity contribution is 5.96. The Morgan fingerprint density at radius 3 is 2.05 bits per heavy atom. The Morgan fingerprint density at radius 2 is 1.41 bits per heavy atom. The molecule has 0 aliphatic rings. The van der Waals surface area contributed by atoms with Gasteiger partial charge >= 0.3 is 5.97 Å². The summed E-state index contributed by atoms with van der Waals surface area (Å²) in [6, 6.07) is 32.6. The van der Waals surface area contributed by atoms with Crippen LogP contribution in [0.1, 0.15) is 21.7 Å². The molecule has 0 atom stereocenters. The molecule has 7 nitrogen and oxygen atoms in total. The van der Waals surface area contributed by atoms with Crippen molar-refractivity contribution in [1.82, 2.24) is 14.3 Å². The summed E-state index contributed by atoms with van der Waals surface area (Å²) >= 11 is 0. The summed E-state index contributed by atoms with van der Waals surface area (Å²) < 4.78 is 9.04. The highest BCUT2D eigenvalue weighted by atomic mass is 16.5. The van der Waals surface area contributed by atoms with Gasteiger partial charge in [-0.15, -0.1) is 0 Å². The first-order valence-corrected chi connectivity index (χ1v) is 11.9. The zero-order valence-electron chi connectivity index (χ0n) is 20.6. The minimum Gasteiger partial charge on any atom is -0.452 e. The van der Waals surface area contributed by atoms with Gasteiger partial charge in [-0.05, 0) is 44.2 Å². The van der Waals surface area contributed by atoms with Crippen LogP contribution in [0.25, 0.3) is 22.6 Å². The number of benzene rings is 3. The lowest BCUT2D eigenvalue weighted by Crippen LogP contribution is -2.22. The fourth-order valence-corrected chi connectivity index (χ4v) is 4.32. The van der Waals surface area contributed by atoms with Crippen molar-refractivity contribution >= 4 is 17.7 Å². The van der Waals surface area contributed by atoms with Crippen LogP contribution in [0.2, 0.25) is 0 Å². The maximum absolute atomic E-state index is 12.9. The van der Waals surface area contributed by atoms with E-state index in [1.807, 2.05) is 109 Å². The molecule has 0 saturated heterocycles. The number of ether oxygens (including phenoxy) is 1. The van der Waals surface area contributed by atoms with Gasteiger partial charge in [0.15, 0.2) is 6.61 Å². The Hall–Kier alpha value is -4.91. The molecule has 3 aromatic carbocycles. The van der Waals surface area contributed by atoms with Crippen molar-refractivity contribution in [2.24, 2.45) is 0 Å². The van der Waals surface area contributed by atoms with Gasteiger partial charge in [-0.25, -0.2) is 9.48 Å². The summed E-state index contributed by atoms with van der Waals surface area (Å²) in [4.78, 5) is 25.7. The molecule has 0 spiro atoms. The van der Waals surface area contributed by atoms with E-state index in [-0.39, 0.29) is 0 Å². The van der Waals surface area contributed by atoms with Crippen molar-refractivity contribution in [2.45, 2.75) is 13.8 Å². The van der Waals surface area contributed by atoms with Gasteiger partial charge in [0.2, 0.25) is 0 Å². The lowest BCUT2D eigenvalue weighted by molar-refractivity contribution is -0.119. The fraction of sp³-hybridized carbons (Fsp3) is 0.100. The topological polar surface area (TPSA) is 78.2 Å². The second-order valence-corrected chi connectivity index (χ2v) is 8.61. The lowest BCUT2D eigenvalue weighted by atomic mass is 10.2. The number of para-hydroxylation sites is 2. The summed E-state index contributed by atoms with van der Waals surface area (Å²) in [5, 5.41) is 7.53. The number of carbonyl (C=O) groups excluding carboxylic acids is 2. The van der Waals surface area contributed by atoms with Gasteiger partial charge in [0, 0.05) is 28.7 Å². The minimum absolute atomic E-state index is 0.422. The van der Waals surface area contributed by atoms with Gasteiger partial charge in [-0.2, -0.15) is 5.10 Å². The van der Waals surface area contributed by atoms with E-state index in [9.17, 15) is 9.59 Å². The zero-order valence-corrected chi connectivity index (χ0v) is 20.6. The number of esters is 1. The predicted octanol–water partition coefficient (Wildman–Crippen LogP) is 5.74. The molecule has 2 aromatic heterocycles. The van der Waals surface area contributed by atoms with Crippen LogP contribution in [0.3, 0.4) is 0 Å². The number of hydrogen-bond donors (Lipinski definition) is 1. The third kappa shape index (κ3) is 5.06. The van der Waals surface area contributed by atoms with E-state index >= 15 is 0 Å². The number of carbonyl (C=O) groups is 2. The van der Waals surface area contributed by atoms with Crippen LogP contribution in [0, 0.1) is 13.8 Å². The van der Waals surface area contributed by atoms with Crippen molar-refractivity contribution in [1.29, 1.82) is 0 Å². The molecule has 0 bridgehead atoms. The molecule has 5 aromatic rings. The quantitative estimate of drug-likeness (QED) is 0.295. The summed E-state index contributed by atoms with van der Waals surface area (Å²) in [5.74, 6) is -0.526. The molecule has 1 amide bonds. The largest absolute Gasteiger partial charge is 0.452 e. The molecule has 0 radical (unpaired) electrons. The van der Waals surface area contributed by atoms with E-state index in [0.29, 0.717) is 17.1 Å². The first kappa shape index (κ1) is 23.8. The maximum atomic E-state index is 12.9. The van der Waals surface area contributed by atoms with Crippen molar-refractivity contribution in [2.75, 3.05) is 11.9 Å². The third-order valence-corrected chi connectivity index (χ3v) is 6.05. The standard InChI is InChI=1S/C30H26N4O3/c1-21-18-26(22(2)33(21)24-14-8-4-9-15-24)30(36)37-20-29(35)31-28-19-27(23-12-6-3-7-13-23)32-34(28)25-16-10-5-11-17-25/h3-19H,20H2,1-2H3,(H,31,35). The zero-order chi connectivity index (χ0) is 25.8. The van der Waals surface area contributed by atoms with Crippen LogP contribution in [-0.4, -0.2) is 32.8 Å². The second kappa shape index (κ2) is 10.4. The number of anilines is 1. The van der Waals surface area contributed by atoms with E-state index in [2.05, 4.69) is 5.32 Å². The summed E-state index contributed by atoms with van der Waals surface area (Å²) in [5.41, 5.74) is 5.47. The Bertz CT molecular complexity index is 1540. The number of nitrogens with one attached hydrogen (secondary N) is 1. The predicted molar refractivity (Wildman–Crippen MR) is 143 cm³/mol. The number of amides is 1. The van der Waals surface area contributed by atoms with E-state index in [4.69, 9.17) is 9.84 Å². The Balaban J connectivity index is 1.32. The number of aromatic nitrogens is 3. The molecule has 0 aliphatic carbocycles. The van der Waals surface area contributed by atoms with E-state index in [0.717, 1.165) is 28.3 Å². The Kier molecular flexibility index (Phi) is 6.68. The second-order valence-electron chi connectivity index (χ2n) is 8.61. The molecule has 0 fully saturated rings. The van der Waals surface area contributed by atoms with Gasteiger partial charge in [0.25, 0.3) is 5.91 Å². The third-order valence-electron chi connectivity index (χ3n) is 6.05. The van der Waals surface area contributed by atoms with Gasteiger partial charge < -0.3 is 14.6 Å². The normalized spacial score (nSPS) is 10.8. The van der Waals surface area contributed by atoms with Crippen LogP contribution in [0.4, 0.5) is 5.82 Å². The highest BCUT2D eigenvalue weighted by Crippen LogP contribution is 2.25. The maximum Gasteiger partial charge on any atom is 0.340 e. The lowest BCUT2D eigenvalue weighted by Gasteiger charge is -2.10. The molecule has 37 heavy (non-hydrogen) atoms. The first-order valence-electron chi connectivity index (χ1n) is 11.9. The van der Waals surface area contributed by atoms with Gasteiger partial charge in [0.05, 0.1) is 16.9 Å². The summed E-state index contributed by atoms with van der Waals surface area (Å²) in [6.45, 7) is 3.37. The van der Waals surface area contributed by atoms with Crippen LogP contribution in [0.15, 0.2) is 103 Å². The van der Waals surface area contributed by atoms with Crippen LogP contribution >= 0.6 is 0 Å². The van der Waals surface area contributed by atoms with Crippen molar-refractivity contribution < 1.29 is 14.3 Å². The molecule has 184 valence electrons. The van der Waals surface area contributed by atoms with E-state index in [1.54, 1.807) is 16.8 Å². The number of hydrogen-bond acceptors (Lipinski definition) is 4. The van der Waals surface area contributed by atoms with Gasteiger partial charge in [-0.3, -0.25) is 4.79 Å². The van der Waals surface area contributed by atoms with Gasteiger partial charge in [0.1, 0.15) is 5.82 Å². The minimum atomic E-state index is -0.549. The summed E-state index contributed by atoms with van der Waals surface area (Å²) in [7, 11) is 0. The van der Waals surface area contributed by atoms with Crippen molar-refractivity contribution in [3.8, 4) is 22.6 Å². The fourth-order valence-electron chi connectivity index (χ4n) is 4.32. The number of rotatable bonds is 7. The molecular weight excluding hydrogens is 464 g/mol. The average molecular weight is 491 g/mol. The van der Waals surface area contributed by atoms with Crippen LogP contribution in [-0.2, 0) is 9.53 Å². The van der Waals surface area contributed by atoms with E-state index < -0.39 is 18.5 Å².